The van der Waals surface area contributed by atoms with Gasteiger partial charge >= 0.3 is 0 Å². The summed E-state index contributed by atoms with van der Waals surface area (Å²) in [5.41, 5.74) is 6.44. The van der Waals surface area contributed by atoms with Crippen molar-refractivity contribution in [2.45, 2.75) is 25.9 Å². The molecule has 0 saturated carbocycles. The Morgan fingerprint density at radius 3 is 2.80 bits per heavy atom. The minimum atomic E-state index is 0.211. The quantitative estimate of drug-likeness (QED) is 0.592. The zero-order chi connectivity index (χ0) is 10.7. The lowest BCUT2D eigenvalue weighted by Crippen LogP contribution is -2.18. The topological polar surface area (TPSA) is 35.2 Å². The summed E-state index contributed by atoms with van der Waals surface area (Å²) in [6, 6.07) is 7.60. The van der Waals surface area contributed by atoms with Gasteiger partial charge in [0.05, 0.1) is 0 Å². The van der Waals surface area contributed by atoms with Crippen molar-refractivity contribution in [2.75, 3.05) is 5.73 Å². The van der Waals surface area contributed by atoms with Crippen LogP contribution in [0.15, 0.2) is 36.4 Å². The van der Waals surface area contributed by atoms with Gasteiger partial charge in [0.15, 0.2) is 0 Å². The Bertz CT molecular complexity index is 359. The fourth-order valence-electron chi connectivity index (χ4n) is 1.79. The molecule has 0 bridgehead atoms. The molecule has 0 aliphatic heterocycles. The van der Waals surface area contributed by atoms with Gasteiger partial charge in [-0.2, -0.15) is 0 Å². The van der Waals surface area contributed by atoms with E-state index in [9.17, 15) is 0 Å². The van der Waals surface area contributed by atoms with Crippen molar-refractivity contribution in [3.05, 3.63) is 36.4 Å². The molecule has 2 unspecified atom stereocenters. The molecule has 2 rings (SSSR count). The summed E-state index contributed by atoms with van der Waals surface area (Å²) in [5, 5.41) is 0. The normalized spacial score (nSPS) is 25.1. The molecule has 0 aromatic heterocycles. The number of nitrogen functional groups attached to an aromatic ring is 1. The largest absolute Gasteiger partial charge is 0.486 e. The van der Waals surface area contributed by atoms with Gasteiger partial charge < -0.3 is 10.5 Å². The van der Waals surface area contributed by atoms with E-state index in [1.807, 2.05) is 24.3 Å². The van der Waals surface area contributed by atoms with Gasteiger partial charge in [0.1, 0.15) is 11.9 Å². The van der Waals surface area contributed by atoms with E-state index < -0.39 is 0 Å². The number of benzene rings is 1. The summed E-state index contributed by atoms with van der Waals surface area (Å²) >= 11 is 0. The van der Waals surface area contributed by atoms with Crippen LogP contribution in [0.5, 0.6) is 5.75 Å². The Balaban J connectivity index is 2.00. The molecule has 2 nitrogen and oxygen atoms in total. The standard InChI is InChI=1S/C13H17NO/c1-10-5-7-12(8-6-10)15-13-4-2-3-11(14)9-13/h2-5,7,9-10,12H,6,8,14H2,1H3. The van der Waals surface area contributed by atoms with E-state index >= 15 is 0 Å². The predicted octanol–water partition coefficient (Wildman–Crippen LogP) is 3.00. The van der Waals surface area contributed by atoms with Gasteiger partial charge in [-0.3, -0.25) is 0 Å². The zero-order valence-corrected chi connectivity index (χ0v) is 9.02. The summed E-state index contributed by atoms with van der Waals surface area (Å²) < 4.78 is 5.82. The molecule has 1 aliphatic carbocycles. The third-order valence-corrected chi connectivity index (χ3v) is 2.71. The highest BCUT2D eigenvalue weighted by atomic mass is 16.5. The smallest absolute Gasteiger partial charge is 0.122 e. The molecule has 2 N–H and O–H groups in total. The summed E-state index contributed by atoms with van der Waals surface area (Å²) in [6.45, 7) is 2.23. The highest BCUT2D eigenvalue weighted by Crippen LogP contribution is 2.22. The zero-order valence-electron chi connectivity index (χ0n) is 9.02. The van der Waals surface area contributed by atoms with E-state index in [1.165, 1.54) is 6.42 Å². The second kappa shape index (κ2) is 4.39. The van der Waals surface area contributed by atoms with Crippen LogP contribution < -0.4 is 10.5 Å². The van der Waals surface area contributed by atoms with Crippen LogP contribution in [-0.4, -0.2) is 6.10 Å². The van der Waals surface area contributed by atoms with E-state index in [1.54, 1.807) is 0 Å². The Morgan fingerprint density at radius 2 is 2.13 bits per heavy atom. The maximum atomic E-state index is 5.82. The number of ether oxygens (including phenoxy) is 1. The first kappa shape index (κ1) is 10.1. The Kier molecular flexibility index (Phi) is 2.95. The van der Waals surface area contributed by atoms with Crippen LogP contribution in [0.2, 0.25) is 0 Å². The SMILES string of the molecule is CC1C=CC(Oc2cccc(N)c2)CC1. The summed E-state index contributed by atoms with van der Waals surface area (Å²) in [7, 11) is 0. The van der Waals surface area contributed by atoms with E-state index in [-0.39, 0.29) is 6.10 Å². The number of allylic oxidation sites excluding steroid dienone is 1. The molecule has 0 fully saturated rings. The molecule has 0 heterocycles. The van der Waals surface area contributed by atoms with Crippen LogP contribution >= 0.6 is 0 Å². The average molecular weight is 203 g/mol. The van der Waals surface area contributed by atoms with Gasteiger partial charge in [0, 0.05) is 11.8 Å². The molecule has 2 atom stereocenters. The van der Waals surface area contributed by atoms with Crippen LogP contribution in [0, 0.1) is 5.92 Å². The van der Waals surface area contributed by atoms with Gasteiger partial charge in [-0.1, -0.05) is 19.1 Å². The molecule has 1 aliphatic rings. The Hall–Kier alpha value is -1.44. The van der Waals surface area contributed by atoms with Crippen molar-refractivity contribution < 1.29 is 4.74 Å². The van der Waals surface area contributed by atoms with Crippen molar-refractivity contribution >= 4 is 5.69 Å². The first-order chi connectivity index (χ1) is 7.24. The van der Waals surface area contributed by atoms with Gasteiger partial charge in [-0.05, 0) is 37.0 Å². The van der Waals surface area contributed by atoms with E-state index in [2.05, 4.69) is 19.1 Å². The molecule has 1 aromatic rings. The molecule has 15 heavy (non-hydrogen) atoms. The molecule has 2 heteroatoms. The first-order valence-electron chi connectivity index (χ1n) is 5.44. The van der Waals surface area contributed by atoms with Crippen molar-refractivity contribution in [2.24, 2.45) is 5.92 Å². The van der Waals surface area contributed by atoms with Gasteiger partial charge in [0.2, 0.25) is 0 Å². The molecule has 1 aromatic carbocycles. The second-order valence-corrected chi connectivity index (χ2v) is 4.17. The number of hydrogen-bond donors (Lipinski definition) is 1. The lowest BCUT2D eigenvalue weighted by molar-refractivity contribution is 0.221. The maximum absolute atomic E-state index is 5.82. The Labute approximate surface area is 90.7 Å². The van der Waals surface area contributed by atoms with Crippen LogP contribution in [0.1, 0.15) is 19.8 Å². The van der Waals surface area contributed by atoms with Crippen molar-refractivity contribution in [3.63, 3.8) is 0 Å². The van der Waals surface area contributed by atoms with E-state index in [4.69, 9.17) is 10.5 Å². The van der Waals surface area contributed by atoms with Gasteiger partial charge in [-0.15, -0.1) is 0 Å². The number of anilines is 1. The number of hydrogen-bond acceptors (Lipinski definition) is 2. The molecular weight excluding hydrogens is 186 g/mol. The van der Waals surface area contributed by atoms with Crippen LogP contribution in [0.4, 0.5) is 5.69 Å². The van der Waals surface area contributed by atoms with Crippen LogP contribution in [0.3, 0.4) is 0 Å². The molecular formula is C13H17NO. The molecule has 0 amide bonds. The lowest BCUT2D eigenvalue weighted by Gasteiger charge is -2.21. The van der Waals surface area contributed by atoms with Crippen LogP contribution in [0.25, 0.3) is 0 Å². The van der Waals surface area contributed by atoms with Gasteiger partial charge in [0.25, 0.3) is 0 Å². The highest BCUT2D eigenvalue weighted by Gasteiger charge is 2.13. The third-order valence-electron chi connectivity index (χ3n) is 2.71. The molecule has 80 valence electrons. The van der Waals surface area contributed by atoms with Gasteiger partial charge in [-0.25, -0.2) is 0 Å². The minimum absolute atomic E-state index is 0.211. The average Bonchev–Trinajstić information content (AvgIpc) is 2.22. The maximum Gasteiger partial charge on any atom is 0.122 e. The van der Waals surface area contributed by atoms with E-state index in [0.717, 1.165) is 17.9 Å². The molecule has 0 spiro atoms. The third kappa shape index (κ3) is 2.75. The first-order valence-corrected chi connectivity index (χ1v) is 5.44. The van der Waals surface area contributed by atoms with Crippen molar-refractivity contribution in [3.8, 4) is 5.75 Å². The van der Waals surface area contributed by atoms with Crippen LogP contribution in [-0.2, 0) is 0 Å². The monoisotopic (exact) mass is 203 g/mol. The number of nitrogens with two attached hydrogens (primary N) is 1. The summed E-state index contributed by atoms with van der Waals surface area (Å²) in [6.07, 6.45) is 6.87. The predicted molar refractivity (Wildman–Crippen MR) is 62.8 cm³/mol. The van der Waals surface area contributed by atoms with Crippen molar-refractivity contribution in [1.82, 2.24) is 0 Å². The fourth-order valence-corrected chi connectivity index (χ4v) is 1.79. The summed E-state index contributed by atoms with van der Waals surface area (Å²) in [4.78, 5) is 0. The summed E-state index contributed by atoms with van der Waals surface area (Å²) in [5.74, 6) is 1.55. The highest BCUT2D eigenvalue weighted by molar-refractivity contribution is 5.43. The number of rotatable bonds is 2. The Morgan fingerprint density at radius 1 is 1.27 bits per heavy atom. The van der Waals surface area contributed by atoms with Crippen molar-refractivity contribution in [1.29, 1.82) is 0 Å². The molecule has 0 saturated heterocycles. The fraction of sp³-hybridized carbons (Fsp3) is 0.385. The lowest BCUT2D eigenvalue weighted by atomic mass is 9.96. The second-order valence-electron chi connectivity index (χ2n) is 4.17. The minimum Gasteiger partial charge on any atom is -0.486 e. The van der Waals surface area contributed by atoms with E-state index in [0.29, 0.717) is 5.92 Å². The molecule has 0 radical (unpaired) electrons.